The molecular formula is C20H26O7. The number of aliphatic hydroxyl groups is 1. The van der Waals surface area contributed by atoms with Gasteiger partial charge in [0, 0.05) is 5.92 Å². The molecule has 27 heavy (non-hydrogen) atoms. The van der Waals surface area contributed by atoms with Crippen molar-refractivity contribution in [2.24, 2.45) is 34.0 Å². The molecule has 0 heterocycles. The van der Waals surface area contributed by atoms with E-state index in [4.69, 9.17) is 0 Å². The molecule has 0 saturated heterocycles. The quantitative estimate of drug-likeness (QED) is 0.553. The molecule has 1 spiro atoms. The molecule has 4 rings (SSSR count). The Bertz CT molecular complexity index is 774. The summed E-state index contributed by atoms with van der Waals surface area (Å²) >= 11 is 0. The van der Waals surface area contributed by atoms with Crippen molar-refractivity contribution in [2.75, 3.05) is 0 Å². The summed E-state index contributed by atoms with van der Waals surface area (Å²) in [6, 6.07) is 0. The SMILES string of the molecule is C=C1C[C@]23C[C@@]1(O)CCC2[C@@]1(C(=O)O)CCCC(C)(C(=O)O)C1[C@@H]3C(=O)O. The number of hydrogen-bond acceptors (Lipinski definition) is 4. The Morgan fingerprint density at radius 3 is 2.30 bits per heavy atom. The Morgan fingerprint density at radius 1 is 1.07 bits per heavy atom. The molecule has 0 radical (unpaired) electrons. The van der Waals surface area contributed by atoms with Gasteiger partial charge >= 0.3 is 17.9 Å². The van der Waals surface area contributed by atoms with Crippen molar-refractivity contribution in [2.45, 2.75) is 57.5 Å². The third-order valence-corrected chi connectivity index (χ3v) is 8.62. The first-order chi connectivity index (χ1) is 12.5. The first-order valence-corrected chi connectivity index (χ1v) is 9.56. The van der Waals surface area contributed by atoms with Crippen LogP contribution in [0.1, 0.15) is 51.9 Å². The summed E-state index contributed by atoms with van der Waals surface area (Å²) in [4.78, 5) is 37.4. The fourth-order valence-corrected chi connectivity index (χ4v) is 7.72. The maximum atomic E-state index is 12.7. The van der Waals surface area contributed by atoms with Gasteiger partial charge in [0.2, 0.25) is 0 Å². The Hall–Kier alpha value is -1.89. The molecule has 4 saturated carbocycles. The van der Waals surface area contributed by atoms with Crippen LogP contribution < -0.4 is 0 Å². The van der Waals surface area contributed by atoms with Gasteiger partial charge in [-0.25, -0.2) is 0 Å². The third-order valence-electron chi connectivity index (χ3n) is 8.62. The van der Waals surface area contributed by atoms with E-state index in [0.29, 0.717) is 24.8 Å². The van der Waals surface area contributed by atoms with Crippen LogP contribution >= 0.6 is 0 Å². The molecule has 0 amide bonds. The molecule has 148 valence electrons. The summed E-state index contributed by atoms with van der Waals surface area (Å²) < 4.78 is 0. The van der Waals surface area contributed by atoms with E-state index in [1.807, 2.05) is 0 Å². The van der Waals surface area contributed by atoms with Crippen LogP contribution in [0, 0.1) is 34.0 Å². The lowest BCUT2D eigenvalue weighted by molar-refractivity contribution is -0.177. The van der Waals surface area contributed by atoms with Crippen LogP contribution in [0.5, 0.6) is 0 Å². The molecule has 7 heteroatoms. The van der Waals surface area contributed by atoms with Crippen molar-refractivity contribution < 1.29 is 34.8 Å². The molecule has 4 aliphatic carbocycles. The van der Waals surface area contributed by atoms with Gasteiger partial charge in [0.1, 0.15) is 0 Å². The number of carboxylic acids is 3. The van der Waals surface area contributed by atoms with Crippen LogP contribution in [-0.2, 0) is 14.4 Å². The van der Waals surface area contributed by atoms with Crippen molar-refractivity contribution in [1.82, 2.24) is 0 Å². The molecule has 3 unspecified atom stereocenters. The van der Waals surface area contributed by atoms with Crippen molar-refractivity contribution in [3.63, 3.8) is 0 Å². The standard InChI is InChI=1S/C20H26O7/c1-10-8-18-9-19(10,27)7-4-11(18)20(16(25)26)6-3-5-17(2,15(23)24)13(20)12(18)14(21)22/h11-13,27H,1,3-9H2,2H3,(H,21,22)(H,23,24)(H,25,26)/t11?,12-,13?,17?,18+,19+,20+/m1/s1. The lowest BCUT2D eigenvalue weighted by atomic mass is 9.52. The summed E-state index contributed by atoms with van der Waals surface area (Å²) in [5.74, 6) is -5.97. The van der Waals surface area contributed by atoms with Crippen molar-refractivity contribution >= 4 is 17.9 Å². The van der Waals surface area contributed by atoms with E-state index in [1.165, 1.54) is 6.92 Å². The maximum Gasteiger partial charge on any atom is 0.310 e. The second kappa shape index (κ2) is 5.13. The van der Waals surface area contributed by atoms with E-state index in [2.05, 4.69) is 6.58 Å². The lowest BCUT2D eigenvalue weighted by Gasteiger charge is -2.49. The minimum Gasteiger partial charge on any atom is -0.481 e. The molecule has 0 aliphatic heterocycles. The fourth-order valence-electron chi connectivity index (χ4n) is 7.72. The van der Waals surface area contributed by atoms with Crippen molar-refractivity contribution in [3.8, 4) is 0 Å². The van der Waals surface area contributed by atoms with Gasteiger partial charge in [0.25, 0.3) is 0 Å². The first-order valence-electron chi connectivity index (χ1n) is 9.56. The number of carboxylic acid groups (broad SMARTS) is 3. The maximum absolute atomic E-state index is 12.7. The zero-order chi connectivity index (χ0) is 20.0. The highest BCUT2D eigenvalue weighted by atomic mass is 16.4. The Labute approximate surface area is 157 Å². The van der Waals surface area contributed by atoms with E-state index in [-0.39, 0.29) is 25.7 Å². The highest BCUT2D eigenvalue weighted by Crippen LogP contribution is 2.78. The largest absolute Gasteiger partial charge is 0.481 e. The third kappa shape index (κ3) is 1.88. The summed E-state index contributed by atoms with van der Waals surface area (Å²) in [5.41, 5.74) is -4.36. The molecule has 0 aromatic heterocycles. The van der Waals surface area contributed by atoms with Crippen LogP contribution in [0.15, 0.2) is 12.2 Å². The minimum absolute atomic E-state index is 0.168. The van der Waals surface area contributed by atoms with Crippen LogP contribution in [0.3, 0.4) is 0 Å². The molecule has 0 aromatic carbocycles. The van der Waals surface area contributed by atoms with Gasteiger partial charge in [-0.1, -0.05) is 13.0 Å². The summed E-state index contributed by atoms with van der Waals surface area (Å²) in [7, 11) is 0. The van der Waals surface area contributed by atoms with E-state index >= 15 is 0 Å². The average Bonchev–Trinajstić information content (AvgIpc) is 2.93. The fraction of sp³-hybridized carbons (Fsp3) is 0.750. The molecule has 4 N–H and O–H groups in total. The summed E-state index contributed by atoms with van der Waals surface area (Å²) in [5, 5.41) is 41.5. The number of aliphatic carboxylic acids is 3. The number of fused-ring (bicyclic) bond motifs is 3. The molecule has 7 atom stereocenters. The monoisotopic (exact) mass is 378 g/mol. The average molecular weight is 378 g/mol. The number of hydrogen-bond donors (Lipinski definition) is 4. The molecule has 0 aromatic rings. The Kier molecular flexibility index (Phi) is 3.51. The van der Waals surface area contributed by atoms with E-state index in [9.17, 15) is 34.8 Å². The van der Waals surface area contributed by atoms with Gasteiger partial charge in [0.15, 0.2) is 0 Å². The van der Waals surface area contributed by atoms with E-state index in [0.717, 1.165) is 0 Å². The Morgan fingerprint density at radius 2 is 1.74 bits per heavy atom. The normalized spacial score (nSPS) is 50.7. The van der Waals surface area contributed by atoms with Crippen LogP contribution in [0.2, 0.25) is 0 Å². The van der Waals surface area contributed by atoms with E-state index < -0.39 is 57.5 Å². The van der Waals surface area contributed by atoms with Gasteiger partial charge in [0.05, 0.1) is 22.3 Å². The zero-order valence-corrected chi connectivity index (χ0v) is 15.4. The van der Waals surface area contributed by atoms with Crippen LogP contribution in [0.4, 0.5) is 0 Å². The molecule has 2 bridgehead atoms. The highest BCUT2D eigenvalue weighted by Gasteiger charge is 2.80. The summed E-state index contributed by atoms with van der Waals surface area (Å²) in [6.45, 7) is 5.48. The van der Waals surface area contributed by atoms with Gasteiger partial charge in [-0.15, -0.1) is 0 Å². The smallest absolute Gasteiger partial charge is 0.310 e. The second-order valence-corrected chi connectivity index (χ2v) is 9.53. The van der Waals surface area contributed by atoms with Gasteiger partial charge in [-0.3, -0.25) is 14.4 Å². The molecular weight excluding hydrogens is 352 g/mol. The van der Waals surface area contributed by atoms with Crippen LogP contribution in [-0.4, -0.2) is 43.9 Å². The second-order valence-electron chi connectivity index (χ2n) is 9.53. The number of rotatable bonds is 3. The molecule has 7 nitrogen and oxygen atoms in total. The van der Waals surface area contributed by atoms with Gasteiger partial charge in [-0.2, -0.15) is 0 Å². The van der Waals surface area contributed by atoms with E-state index in [1.54, 1.807) is 0 Å². The Balaban J connectivity index is 2.01. The minimum atomic E-state index is -1.42. The zero-order valence-electron chi connectivity index (χ0n) is 15.4. The highest BCUT2D eigenvalue weighted by molar-refractivity contribution is 5.86. The van der Waals surface area contributed by atoms with Gasteiger partial charge in [-0.05, 0) is 62.4 Å². The van der Waals surface area contributed by atoms with Gasteiger partial charge < -0.3 is 20.4 Å². The number of carbonyl (C=O) groups is 3. The topological polar surface area (TPSA) is 132 Å². The predicted molar refractivity (Wildman–Crippen MR) is 92.8 cm³/mol. The van der Waals surface area contributed by atoms with Crippen LogP contribution in [0.25, 0.3) is 0 Å². The van der Waals surface area contributed by atoms with Crippen molar-refractivity contribution in [3.05, 3.63) is 12.2 Å². The molecule has 4 aliphatic rings. The lowest BCUT2D eigenvalue weighted by Crippen LogP contribution is -2.55. The molecule has 4 fully saturated rings. The predicted octanol–water partition coefficient (Wildman–Crippen LogP) is 2.14. The van der Waals surface area contributed by atoms with Crippen molar-refractivity contribution in [1.29, 1.82) is 0 Å². The summed E-state index contributed by atoms with van der Waals surface area (Å²) in [6.07, 6.45) is 2.16. The first kappa shape index (κ1) is 18.5.